The number of nitrogens with one attached hydrogen (secondary N) is 2. The average molecular weight is 253 g/mol. The van der Waals surface area contributed by atoms with Crippen molar-refractivity contribution in [3.05, 3.63) is 22.8 Å². The van der Waals surface area contributed by atoms with E-state index in [-0.39, 0.29) is 0 Å². The Morgan fingerprint density at radius 3 is 2.44 bits per heavy atom. The van der Waals surface area contributed by atoms with Crippen molar-refractivity contribution in [2.75, 3.05) is 27.4 Å². The molecule has 1 aromatic carbocycles. The molecule has 4 N–H and O–H groups in total. The van der Waals surface area contributed by atoms with E-state index in [1.165, 1.54) is 0 Å². The minimum Gasteiger partial charge on any atom is -0.496 e. The van der Waals surface area contributed by atoms with Gasteiger partial charge in [-0.25, -0.2) is 5.43 Å². The summed E-state index contributed by atoms with van der Waals surface area (Å²) in [7, 11) is 3.39. The normalized spacial score (nSPS) is 10.5. The Morgan fingerprint density at radius 2 is 1.89 bits per heavy atom. The molecule has 0 aromatic heterocycles. The smallest absolute Gasteiger partial charge is 0.125 e. The van der Waals surface area contributed by atoms with Crippen molar-refractivity contribution in [1.82, 2.24) is 10.7 Å². The van der Waals surface area contributed by atoms with Crippen LogP contribution in [0.5, 0.6) is 11.5 Å². The van der Waals surface area contributed by atoms with Crippen LogP contribution >= 0.6 is 0 Å². The Kier molecular flexibility index (Phi) is 5.91. The van der Waals surface area contributed by atoms with Crippen LogP contribution in [-0.4, -0.2) is 27.4 Å². The molecular weight excluding hydrogens is 230 g/mol. The summed E-state index contributed by atoms with van der Waals surface area (Å²) in [6.45, 7) is 5.50. The van der Waals surface area contributed by atoms with Crippen LogP contribution in [0.4, 0.5) is 0 Å². The number of methoxy groups -OCH3 is 2. The first-order valence-corrected chi connectivity index (χ1v) is 6.00. The molecule has 0 saturated carbocycles. The average Bonchev–Trinajstić information content (AvgIpc) is 2.38. The lowest BCUT2D eigenvalue weighted by Crippen LogP contribution is -2.34. The molecule has 1 rings (SSSR count). The van der Waals surface area contributed by atoms with Gasteiger partial charge in [-0.3, -0.25) is 5.84 Å². The van der Waals surface area contributed by atoms with Gasteiger partial charge in [-0.1, -0.05) is 0 Å². The highest BCUT2D eigenvalue weighted by Gasteiger charge is 2.13. The summed E-state index contributed by atoms with van der Waals surface area (Å²) < 4.78 is 10.9. The second-order valence-electron chi connectivity index (χ2n) is 4.15. The molecule has 0 aliphatic carbocycles. The first kappa shape index (κ1) is 14.8. The van der Waals surface area contributed by atoms with Gasteiger partial charge in [0.1, 0.15) is 11.5 Å². The molecule has 0 amide bonds. The topological polar surface area (TPSA) is 68.5 Å². The lowest BCUT2D eigenvalue weighted by atomic mass is 10.0. The molecule has 18 heavy (non-hydrogen) atoms. The van der Waals surface area contributed by atoms with Crippen molar-refractivity contribution in [1.29, 1.82) is 0 Å². The highest BCUT2D eigenvalue weighted by molar-refractivity contribution is 5.52. The zero-order chi connectivity index (χ0) is 13.5. The molecule has 0 bridgehead atoms. The molecule has 1 aromatic rings. The maximum atomic E-state index is 5.49. The lowest BCUT2D eigenvalue weighted by Gasteiger charge is -2.17. The predicted octanol–water partition coefficient (Wildman–Crippen LogP) is 0.874. The van der Waals surface area contributed by atoms with Gasteiger partial charge in [0, 0.05) is 6.54 Å². The second-order valence-corrected chi connectivity index (χ2v) is 4.15. The van der Waals surface area contributed by atoms with Crippen LogP contribution in [0.25, 0.3) is 0 Å². The highest BCUT2D eigenvalue weighted by Crippen LogP contribution is 2.33. The van der Waals surface area contributed by atoms with E-state index in [1.807, 2.05) is 13.0 Å². The molecule has 0 fully saturated rings. The van der Waals surface area contributed by atoms with E-state index in [9.17, 15) is 0 Å². The second kappa shape index (κ2) is 7.20. The SMILES string of the molecule is COc1cc(CCNCNN)c(OC)c(C)c1C. The van der Waals surface area contributed by atoms with Crippen LogP contribution in [0.2, 0.25) is 0 Å². The summed E-state index contributed by atoms with van der Waals surface area (Å²) in [4.78, 5) is 0. The van der Waals surface area contributed by atoms with Gasteiger partial charge in [-0.2, -0.15) is 0 Å². The highest BCUT2D eigenvalue weighted by atomic mass is 16.5. The van der Waals surface area contributed by atoms with Gasteiger partial charge < -0.3 is 14.8 Å². The summed E-state index contributed by atoms with van der Waals surface area (Å²) in [5.74, 6) is 7.04. The molecule has 0 saturated heterocycles. The van der Waals surface area contributed by atoms with E-state index >= 15 is 0 Å². The van der Waals surface area contributed by atoms with Gasteiger partial charge >= 0.3 is 0 Å². The van der Waals surface area contributed by atoms with Crippen LogP contribution in [0.3, 0.4) is 0 Å². The minimum atomic E-state index is 0.588. The van der Waals surface area contributed by atoms with Crippen molar-refractivity contribution in [3.63, 3.8) is 0 Å². The summed E-state index contributed by atoms with van der Waals surface area (Å²) in [5, 5.41) is 3.17. The Balaban J connectivity index is 2.91. The third kappa shape index (κ3) is 3.35. The van der Waals surface area contributed by atoms with E-state index in [4.69, 9.17) is 15.3 Å². The van der Waals surface area contributed by atoms with E-state index < -0.39 is 0 Å². The van der Waals surface area contributed by atoms with Crippen LogP contribution in [0.1, 0.15) is 16.7 Å². The largest absolute Gasteiger partial charge is 0.496 e. The molecule has 0 radical (unpaired) electrons. The van der Waals surface area contributed by atoms with Crippen molar-refractivity contribution in [2.24, 2.45) is 5.84 Å². The molecule has 0 spiro atoms. The fourth-order valence-corrected chi connectivity index (χ4v) is 1.99. The van der Waals surface area contributed by atoms with Gasteiger partial charge in [0.25, 0.3) is 0 Å². The lowest BCUT2D eigenvalue weighted by molar-refractivity contribution is 0.393. The first-order valence-electron chi connectivity index (χ1n) is 6.00. The molecule has 102 valence electrons. The Morgan fingerprint density at radius 1 is 1.17 bits per heavy atom. The van der Waals surface area contributed by atoms with E-state index in [0.717, 1.165) is 41.2 Å². The van der Waals surface area contributed by atoms with Crippen LogP contribution in [-0.2, 0) is 6.42 Å². The number of rotatable bonds is 7. The zero-order valence-electron chi connectivity index (χ0n) is 11.6. The number of benzene rings is 1. The van der Waals surface area contributed by atoms with E-state index in [2.05, 4.69) is 17.7 Å². The van der Waals surface area contributed by atoms with Crippen molar-refractivity contribution < 1.29 is 9.47 Å². The molecule has 0 unspecified atom stereocenters. The Bertz CT molecular complexity index is 394. The van der Waals surface area contributed by atoms with Crippen molar-refractivity contribution >= 4 is 0 Å². The van der Waals surface area contributed by atoms with Crippen molar-refractivity contribution in [3.8, 4) is 11.5 Å². The third-order valence-corrected chi connectivity index (χ3v) is 3.09. The third-order valence-electron chi connectivity index (χ3n) is 3.09. The zero-order valence-corrected chi connectivity index (χ0v) is 11.6. The number of nitrogens with two attached hydrogens (primary N) is 1. The molecule has 0 aliphatic rings. The standard InChI is InChI=1S/C13H23N3O2/c1-9-10(2)13(18-4)11(7-12(9)17-3)5-6-15-8-16-14/h7,15-16H,5-6,8,14H2,1-4H3. The van der Waals surface area contributed by atoms with E-state index in [0.29, 0.717) is 6.67 Å². The molecule has 5 heteroatoms. The number of hydrazine groups is 1. The number of ether oxygens (including phenoxy) is 2. The molecule has 0 aliphatic heterocycles. The summed E-state index contributed by atoms with van der Waals surface area (Å²) >= 11 is 0. The van der Waals surface area contributed by atoms with Gasteiger partial charge in [0.2, 0.25) is 0 Å². The predicted molar refractivity (Wildman–Crippen MR) is 72.9 cm³/mol. The molecular formula is C13H23N3O2. The summed E-state index contributed by atoms with van der Waals surface area (Å²) in [6.07, 6.45) is 0.863. The van der Waals surface area contributed by atoms with Gasteiger partial charge in [0.05, 0.1) is 20.9 Å². The Labute approximate surface area is 109 Å². The molecule has 0 atom stereocenters. The van der Waals surface area contributed by atoms with Gasteiger partial charge in [-0.05, 0) is 43.0 Å². The van der Waals surface area contributed by atoms with E-state index in [1.54, 1.807) is 14.2 Å². The quantitative estimate of drug-likeness (QED) is 0.291. The fraction of sp³-hybridized carbons (Fsp3) is 0.538. The van der Waals surface area contributed by atoms with Crippen LogP contribution in [0.15, 0.2) is 6.07 Å². The maximum absolute atomic E-state index is 5.49. The summed E-state index contributed by atoms with van der Waals surface area (Å²) in [6, 6.07) is 2.04. The van der Waals surface area contributed by atoms with Crippen LogP contribution < -0.4 is 26.1 Å². The monoisotopic (exact) mass is 253 g/mol. The van der Waals surface area contributed by atoms with Crippen molar-refractivity contribution in [2.45, 2.75) is 20.3 Å². The number of hydrogen-bond acceptors (Lipinski definition) is 5. The summed E-state index contributed by atoms with van der Waals surface area (Å²) in [5.41, 5.74) is 5.95. The van der Waals surface area contributed by atoms with Crippen LogP contribution in [0, 0.1) is 13.8 Å². The molecule has 0 heterocycles. The maximum Gasteiger partial charge on any atom is 0.125 e. The van der Waals surface area contributed by atoms with Gasteiger partial charge in [0.15, 0.2) is 0 Å². The Hall–Kier alpha value is -1.30. The van der Waals surface area contributed by atoms with Gasteiger partial charge in [-0.15, -0.1) is 0 Å². The molecule has 5 nitrogen and oxygen atoms in total. The first-order chi connectivity index (χ1) is 8.65. The fourth-order valence-electron chi connectivity index (χ4n) is 1.99. The number of hydrogen-bond donors (Lipinski definition) is 3. The minimum absolute atomic E-state index is 0.588.